The molecule has 2 rings (SSSR count). The smallest absolute Gasteiger partial charge is 0.136 e. The normalized spacial score (nSPS) is 10.4. The molecule has 0 aliphatic carbocycles. The maximum atomic E-state index is 13.5. The molecule has 0 aliphatic rings. The van der Waals surface area contributed by atoms with E-state index in [0.29, 0.717) is 22.9 Å². The quantitative estimate of drug-likeness (QED) is 0.660. The molecule has 0 saturated heterocycles. The molecule has 2 nitrogen and oxygen atoms in total. The maximum Gasteiger partial charge on any atom is 0.136 e. The molecule has 0 saturated carbocycles. The molecule has 2 aromatic rings. The first kappa shape index (κ1) is 13.7. The van der Waals surface area contributed by atoms with E-state index in [0.717, 1.165) is 11.3 Å². The summed E-state index contributed by atoms with van der Waals surface area (Å²) in [7, 11) is 0. The summed E-state index contributed by atoms with van der Waals surface area (Å²) in [6.07, 6.45) is 0. The highest BCUT2D eigenvalue weighted by molar-refractivity contribution is 7.98. The van der Waals surface area contributed by atoms with Gasteiger partial charge in [-0.2, -0.15) is 0 Å². The number of halogens is 1. The standard InChI is InChI=1S/C15H16FNOS/c1-2-18-14-8-7-12(17)9-11(14)10-19-15-6-4-3-5-13(15)16/h3-9H,2,10,17H2,1H3. The molecule has 0 aromatic heterocycles. The molecule has 0 bridgehead atoms. The number of thioether (sulfide) groups is 1. The molecule has 19 heavy (non-hydrogen) atoms. The summed E-state index contributed by atoms with van der Waals surface area (Å²) in [6, 6.07) is 12.3. The van der Waals surface area contributed by atoms with Gasteiger partial charge < -0.3 is 10.5 Å². The number of hydrogen-bond donors (Lipinski definition) is 1. The monoisotopic (exact) mass is 277 g/mol. The van der Waals surface area contributed by atoms with E-state index in [1.807, 2.05) is 31.2 Å². The Labute approximate surface area is 116 Å². The first-order valence-electron chi connectivity index (χ1n) is 6.09. The molecule has 4 heteroatoms. The van der Waals surface area contributed by atoms with Gasteiger partial charge in [-0.15, -0.1) is 11.8 Å². The first-order valence-corrected chi connectivity index (χ1v) is 7.07. The Morgan fingerprint density at radius 1 is 1.21 bits per heavy atom. The molecule has 0 fully saturated rings. The Morgan fingerprint density at radius 2 is 2.00 bits per heavy atom. The lowest BCUT2D eigenvalue weighted by molar-refractivity contribution is 0.337. The lowest BCUT2D eigenvalue weighted by Crippen LogP contribution is -1.97. The van der Waals surface area contributed by atoms with Crippen LogP contribution in [0.2, 0.25) is 0 Å². The number of nitrogens with two attached hydrogens (primary N) is 1. The van der Waals surface area contributed by atoms with Gasteiger partial charge in [0.05, 0.1) is 6.61 Å². The fraction of sp³-hybridized carbons (Fsp3) is 0.200. The van der Waals surface area contributed by atoms with E-state index in [4.69, 9.17) is 10.5 Å². The lowest BCUT2D eigenvalue weighted by atomic mass is 10.2. The van der Waals surface area contributed by atoms with Crippen LogP contribution in [-0.4, -0.2) is 6.61 Å². The Balaban J connectivity index is 2.14. The van der Waals surface area contributed by atoms with E-state index in [1.165, 1.54) is 17.8 Å². The van der Waals surface area contributed by atoms with E-state index in [1.54, 1.807) is 12.1 Å². The van der Waals surface area contributed by atoms with E-state index >= 15 is 0 Å². The highest BCUT2D eigenvalue weighted by atomic mass is 32.2. The molecule has 0 unspecified atom stereocenters. The molecule has 0 heterocycles. The molecule has 0 spiro atoms. The van der Waals surface area contributed by atoms with Gasteiger partial charge in [0.2, 0.25) is 0 Å². The Bertz CT molecular complexity index is 560. The predicted octanol–water partition coefficient (Wildman–Crippen LogP) is 4.10. The summed E-state index contributed by atoms with van der Waals surface area (Å²) in [5.74, 6) is 1.23. The van der Waals surface area contributed by atoms with Crippen LogP contribution >= 0.6 is 11.8 Å². The Morgan fingerprint density at radius 3 is 2.74 bits per heavy atom. The molecule has 0 amide bonds. The highest BCUT2D eigenvalue weighted by Crippen LogP contribution is 2.30. The number of ether oxygens (including phenoxy) is 1. The number of nitrogen functional groups attached to an aromatic ring is 1. The average Bonchev–Trinajstić information content (AvgIpc) is 2.41. The largest absolute Gasteiger partial charge is 0.494 e. The molecule has 0 aliphatic heterocycles. The van der Waals surface area contributed by atoms with E-state index in [2.05, 4.69) is 0 Å². The van der Waals surface area contributed by atoms with Gasteiger partial charge in [-0.3, -0.25) is 0 Å². The van der Waals surface area contributed by atoms with Crippen LogP contribution in [0.5, 0.6) is 5.75 Å². The second-order valence-electron chi connectivity index (χ2n) is 4.02. The minimum absolute atomic E-state index is 0.200. The third-order valence-electron chi connectivity index (χ3n) is 2.60. The summed E-state index contributed by atoms with van der Waals surface area (Å²) < 4.78 is 19.1. The van der Waals surface area contributed by atoms with Crippen LogP contribution in [0.3, 0.4) is 0 Å². The van der Waals surface area contributed by atoms with Crippen LogP contribution < -0.4 is 10.5 Å². The highest BCUT2D eigenvalue weighted by Gasteiger charge is 2.07. The zero-order valence-electron chi connectivity index (χ0n) is 10.7. The van der Waals surface area contributed by atoms with Crippen LogP contribution in [-0.2, 0) is 5.75 Å². The lowest BCUT2D eigenvalue weighted by Gasteiger charge is -2.11. The molecule has 2 N–H and O–H groups in total. The van der Waals surface area contributed by atoms with Crippen molar-refractivity contribution in [2.45, 2.75) is 17.6 Å². The van der Waals surface area contributed by atoms with Gasteiger partial charge >= 0.3 is 0 Å². The topological polar surface area (TPSA) is 35.2 Å². The van der Waals surface area contributed by atoms with Gasteiger partial charge in [-0.1, -0.05) is 12.1 Å². The third kappa shape index (κ3) is 3.64. The average molecular weight is 277 g/mol. The van der Waals surface area contributed by atoms with E-state index in [-0.39, 0.29) is 5.82 Å². The fourth-order valence-electron chi connectivity index (χ4n) is 1.73. The van der Waals surface area contributed by atoms with E-state index < -0.39 is 0 Å². The molecule has 2 aromatic carbocycles. The van der Waals surface area contributed by atoms with Crippen molar-refractivity contribution in [3.05, 3.63) is 53.8 Å². The van der Waals surface area contributed by atoms with Gasteiger partial charge in [-0.05, 0) is 37.3 Å². The zero-order chi connectivity index (χ0) is 13.7. The summed E-state index contributed by atoms with van der Waals surface area (Å²) in [5, 5.41) is 0. The minimum atomic E-state index is -0.200. The van der Waals surface area contributed by atoms with Gasteiger partial charge in [0.1, 0.15) is 11.6 Å². The van der Waals surface area contributed by atoms with Crippen molar-refractivity contribution in [3.8, 4) is 5.75 Å². The van der Waals surface area contributed by atoms with Gasteiger partial charge in [0, 0.05) is 21.9 Å². The van der Waals surface area contributed by atoms with Crippen LogP contribution in [0.15, 0.2) is 47.4 Å². The molecule has 100 valence electrons. The second-order valence-corrected chi connectivity index (χ2v) is 5.04. The number of hydrogen-bond acceptors (Lipinski definition) is 3. The second kappa shape index (κ2) is 6.48. The van der Waals surface area contributed by atoms with Crippen LogP contribution in [0, 0.1) is 5.82 Å². The molecule has 0 radical (unpaired) electrons. The Hall–Kier alpha value is -1.68. The summed E-state index contributed by atoms with van der Waals surface area (Å²) >= 11 is 1.44. The summed E-state index contributed by atoms with van der Waals surface area (Å²) in [6.45, 7) is 2.53. The van der Waals surface area contributed by atoms with Crippen molar-refractivity contribution in [3.63, 3.8) is 0 Å². The van der Waals surface area contributed by atoms with Crippen molar-refractivity contribution in [2.24, 2.45) is 0 Å². The van der Waals surface area contributed by atoms with E-state index in [9.17, 15) is 4.39 Å². The van der Waals surface area contributed by atoms with Crippen molar-refractivity contribution in [1.29, 1.82) is 0 Å². The van der Waals surface area contributed by atoms with Crippen LogP contribution in [0.1, 0.15) is 12.5 Å². The van der Waals surface area contributed by atoms with Crippen molar-refractivity contribution in [1.82, 2.24) is 0 Å². The van der Waals surface area contributed by atoms with Crippen molar-refractivity contribution >= 4 is 17.4 Å². The van der Waals surface area contributed by atoms with Crippen molar-refractivity contribution < 1.29 is 9.13 Å². The van der Waals surface area contributed by atoms with Gasteiger partial charge in [0.15, 0.2) is 0 Å². The zero-order valence-corrected chi connectivity index (χ0v) is 11.5. The minimum Gasteiger partial charge on any atom is -0.494 e. The van der Waals surface area contributed by atoms with Crippen LogP contribution in [0.25, 0.3) is 0 Å². The van der Waals surface area contributed by atoms with Crippen LogP contribution in [0.4, 0.5) is 10.1 Å². The van der Waals surface area contributed by atoms with Gasteiger partial charge in [0.25, 0.3) is 0 Å². The number of rotatable bonds is 5. The van der Waals surface area contributed by atoms with Gasteiger partial charge in [-0.25, -0.2) is 4.39 Å². The third-order valence-corrected chi connectivity index (χ3v) is 3.70. The Kier molecular flexibility index (Phi) is 4.68. The fourth-order valence-corrected chi connectivity index (χ4v) is 2.64. The first-order chi connectivity index (χ1) is 9.20. The van der Waals surface area contributed by atoms with Crippen molar-refractivity contribution in [2.75, 3.05) is 12.3 Å². The SMILES string of the molecule is CCOc1ccc(N)cc1CSc1ccccc1F. The predicted molar refractivity (Wildman–Crippen MR) is 78.0 cm³/mol. The number of anilines is 1. The molecular formula is C15H16FNOS. The maximum absolute atomic E-state index is 13.5. The number of benzene rings is 2. The molecule has 0 atom stereocenters. The molecular weight excluding hydrogens is 261 g/mol. The summed E-state index contributed by atoms with van der Waals surface area (Å²) in [4.78, 5) is 0.632. The summed E-state index contributed by atoms with van der Waals surface area (Å²) in [5.41, 5.74) is 7.45.